The minimum Gasteiger partial charge on any atom is -0.454 e. The number of rotatable bonds is 5. The van der Waals surface area contributed by atoms with E-state index in [2.05, 4.69) is 9.97 Å². The first kappa shape index (κ1) is 19.6. The summed E-state index contributed by atoms with van der Waals surface area (Å²) < 4.78 is 11.0. The van der Waals surface area contributed by atoms with Crippen molar-refractivity contribution in [3.05, 3.63) is 71.9 Å². The van der Waals surface area contributed by atoms with Crippen molar-refractivity contribution in [3.63, 3.8) is 0 Å². The molecule has 0 unspecified atom stereocenters. The fourth-order valence-corrected chi connectivity index (χ4v) is 3.63. The lowest BCUT2D eigenvalue weighted by atomic mass is 10.1. The second-order valence-electron chi connectivity index (χ2n) is 7.49. The van der Waals surface area contributed by atoms with Crippen molar-refractivity contribution in [1.82, 2.24) is 15.0 Å². The lowest BCUT2D eigenvalue weighted by Gasteiger charge is -2.16. The highest BCUT2D eigenvalue weighted by molar-refractivity contribution is 5.94. The van der Waals surface area contributed by atoms with Crippen molar-refractivity contribution in [2.24, 2.45) is 5.73 Å². The molecular weight excluding hydrogens is 406 g/mol. The number of aromatic amines is 1. The number of H-pyrrole nitrogens is 1. The zero-order valence-electron chi connectivity index (χ0n) is 17.6. The summed E-state index contributed by atoms with van der Waals surface area (Å²) in [7, 11) is 1.87. The Labute approximate surface area is 184 Å². The van der Waals surface area contributed by atoms with E-state index in [0.717, 1.165) is 34.0 Å². The Morgan fingerprint density at radius 3 is 2.66 bits per heavy atom. The summed E-state index contributed by atoms with van der Waals surface area (Å²) in [5, 5.41) is 0. The first-order valence-electron chi connectivity index (χ1n) is 10.1. The van der Waals surface area contributed by atoms with E-state index in [9.17, 15) is 4.79 Å². The van der Waals surface area contributed by atoms with Gasteiger partial charge in [-0.15, -0.1) is 0 Å². The number of aromatic nitrogens is 3. The summed E-state index contributed by atoms with van der Waals surface area (Å²) in [5.74, 6) is 1.50. The molecule has 1 aliphatic rings. The number of amides is 1. The Morgan fingerprint density at radius 2 is 1.84 bits per heavy atom. The molecule has 2 aromatic carbocycles. The molecule has 0 saturated carbocycles. The summed E-state index contributed by atoms with van der Waals surface area (Å²) in [4.78, 5) is 26.4. The van der Waals surface area contributed by atoms with Crippen LogP contribution in [0.5, 0.6) is 11.5 Å². The zero-order chi connectivity index (χ0) is 22.2. The predicted octanol–water partition coefficient (Wildman–Crippen LogP) is 4.04. The lowest BCUT2D eigenvalue weighted by Crippen LogP contribution is -2.14. The van der Waals surface area contributed by atoms with Crippen LogP contribution in [-0.4, -0.2) is 34.7 Å². The first-order chi connectivity index (χ1) is 15.5. The van der Waals surface area contributed by atoms with Crippen molar-refractivity contribution in [1.29, 1.82) is 0 Å². The summed E-state index contributed by atoms with van der Waals surface area (Å²) in [6.07, 6.45) is 0. The van der Waals surface area contributed by atoms with E-state index in [1.54, 1.807) is 18.2 Å². The minimum atomic E-state index is -0.481. The number of pyridine rings is 1. The fraction of sp³-hybridized carbons (Fsp3) is 0.125. The van der Waals surface area contributed by atoms with Gasteiger partial charge in [0, 0.05) is 29.6 Å². The normalized spacial score (nSPS) is 12.1. The Balaban J connectivity index is 1.63. The number of nitrogens with one attached hydrogen (secondary N) is 1. The zero-order valence-corrected chi connectivity index (χ0v) is 17.6. The van der Waals surface area contributed by atoms with Gasteiger partial charge in [0.1, 0.15) is 5.69 Å². The van der Waals surface area contributed by atoms with Gasteiger partial charge in [-0.25, -0.2) is 4.98 Å². The number of ether oxygens (including phenoxy) is 2. The third kappa shape index (κ3) is 3.51. The van der Waals surface area contributed by atoms with Crippen LogP contribution < -0.4 is 20.1 Å². The van der Waals surface area contributed by atoms with Crippen molar-refractivity contribution in [2.45, 2.75) is 6.92 Å². The number of nitrogens with two attached hydrogens (primary N) is 1. The van der Waals surface area contributed by atoms with Crippen LogP contribution in [0.25, 0.3) is 22.6 Å². The van der Waals surface area contributed by atoms with Gasteiger partial charge < -0.3 is 25.1 Å². The number of fused-ring (bicyclic) bond motifs is 1. The molecule has 0 aliphatic carbocycles. The van der Waals surface area contributed by atoms with Crippen molar-refractivity contribution in [2.75, 3.05) is 18.7 Å². The topological polar surface area (TPSA) is 106 Å². The van der Waals surface area contributed by atoms with Gasteiger partial charge in [-0.1, -0.05) is 12.1 Å². The number of primary amides is 1. The maximum atomic E-state index is 11.6. The van der Waals surface area contributed by atoms with E-state index in [1.807, 2.05) is 61.3 Å². The number of anilines is 2. The molecule has 0 atom stereocenters. The quantitative estimate of drug-likeness (QED) is 0.498. The number of benzene rings is 2. The van der Waals surface area contributed by atoms with E-state index in [-0.39, 0.29) is 6.79 Å². The van der Waals surface area contributed by atoms with Crippen molar-refractivity contribution in [3.8, 4) is 34.1 Å². The monoisotopic (exact) mass is 427 g/mol. The Hall–Kier alpha value is -4.33. The molecule has 2 aromatic heterocycles. The summed E-state index contributed by atoms with van der Waals surface area (Å²) in [5.41, 5.74) is 10.7. The third-order valence-electron chi connectivity index (χ3n) is 5.32. The second kappa shape index (κ2) is 7.73. The number of nitrogens with zero attached hydrogens (tertiary/aromatic N) is 3. The first-order valence-corrected chi connectivity index (χ1v) is 10.1. The average Bonchev–Trinajstić information content (AvgIpc) is 3.45. The molecule has 5 rings (SSSR count). The molecule has 160 valence electrons. The molecule has 1 amide bonds. The van der Waals surface area contributed by atoms with Gasteiger partial charge in [-0.3, -0.25) is 9.78 Å². The Kier molecular flexibility index (Phi) is 4.74. The van der Waals surface area contributed by atoms with Crippen LogP contribution in [0.15, 0.2) is 60.7 Å². The number of hydrogen-bond donors (Lipinski definition) is 2. The lowest BCUT2D eigenvalue weighted by molar-refractivity contribution is 0.100. The number of imidazole rings is 1. The molecule has 1 aliphatic heterocycles. The molecule has 8 nitrogen and oxygen atoms in total. The second-order valence-corrected chi connectivity index (χ2v) is 7.49. The SMILES string of the molecule is Cc1cccc(-c2[nH]c(N(C)c3cccc(C(N)=O)c3)nc2-c2ccc3c(c2)OCO3)n1. The van der Waals surface area contributed by atoms with Crippen LogP contribution in [0.1, 0.15) is 16.1 Å². The highest BCUT2D eigenvalue weighted by Gasteiger charge is 2.21. The number of carbonyl (C=O) groups is 1. The van der Waals surface area contributed by atoms with E-state index >= 15 is 0 Å². The molecule has 0 radical (unpaired) electrons. The predicted molar refractivity (Wildman–Crippen MR) is 121 cm³/mol. The smallest absolute Gasteiger partial charge is 0.248 e. The standard InChI is InChI=1S/C24H21N5O3/c1-14-5-3-8-18(26-14)22-21(15-9-10-19-20(12-15)32-13-31-19)27-24(28-22)29(2)17-7-4-6-16(11-17)23(25)30/h3-12H,13H2,1-2H3,(H2,25,30)(H,27,28). The summed E-state index contributed by atoms with van der Waals surface area (Å²) in [6.45, 7) is 2.15. The highest BCUT2D eigenvalue weighted by Crippen LogP contribution is 2.39. The third-order valence-corrected chi connectivity index (χ3v) is 5.32. The molecule has 0 bridgehead atoms. The highest BCUT2D eigenvalue weighted by atomic mass is 16.7. The molecule has 0 fully saturated rings. The van der Waals surface area contributed by atoms with Gasteiger partial charge in [0.05, 0.1) is 11.4 Å². The minimum absolute atomic E-state index is 0.204. The maximum absolute atomic E-state index is 11.6. The van der Waals surface area contributed by atoms with Crippen molar-refractivity contribution < 1.29 is 14.3 Å². The van der Waals surface area contributed by atoms with Crippen LogP contribution >= 0.6 is 0 Å². The van der Waals surface area contributed by atoms with Gasteiger partial charge in [-0.2, -0.15) is 0 Å². The number of carbonyl (C=O) groups excluding carboxylic acids is 1. The van der Waals surface area contributed by atoms with Gasteiger partial charge in [0.2, 0.25) is 18.6 Å². The van der Waals surface area contributed by atoms with Gasteiger partial charge in [0.15, 0.2) is 11.5 Å². The Morgan fingerprint density at radius 1 is 1.03 bits per heavy atom. The van der Waals surface area contributed by atoms with E-state index in [4.69, 9.17) is 20.2 Å². The van der Waals surface area contributed by atoms with E-state index < -0.39 is 5.91 Å². The Bertz CT molecular complexity index is 1330. The molecule has 3 N–H and O–H groups in total. The number of hydrogen-bond acceptors (Lipinski definition) is 6. The maximum Gasteiger partial charge on any atom is 0.248 e. The fourth-order valence-electron chi connectivity index (χ4n) is 3.63. The average molecular weight is 427 g/mol. The van der Waals surface area contributed by atoms with Crippen LogP contribution in [0.2, 0.25) is 0 Å². The van der Waals surface area contributed by atoms with Crippen LogP contribution in [0, 0.1) is 6.92 Å². The summed E-state index contributed by atoms with van der Waals surface area (Å²) >= 11 is 0. The molecule has 32 heavy (non-hydrogen) atoms. The van der Waals surface area contributed by atoms with Gasteiger partial charge in [0.25, 0.3) is 0 Å². The van der Waals surface area contributed by atoms with Crippen LogP contribution in [0.3, 0.4) is 0 Å². The van der Waals surface area contributed by atoms with Gasteiger partial charge >= 0.3 is 0 Å². The molecular formula is C24H21N5O3. The molecule has 3 heterocycles. The van der Waals surface area contributed by atoms with Gasteiger partial charge in [-0.05, 0) is 55.5 Å². The van der Waals surface area contributed by atoms with Crippen molar-refractivity contribution >= 4 is 17.5 Å². The largest absolute Gasteiger partial charge is 0.454 e. The molecule has 0 saturated heterocycles. The molecule has 0 spiro atoms. The summed E-state index contributed by atoms with van der Waals surface area (Å²) in [6, 6.07) is 18.7. The van der Waals surface area contributed by atoms with Crippen LogP contribution in [0.4, 0.5) is 11.6 Å². The van der Waals surface area contributed by atoms with Crippen LogP contribution in [-0.2, 0) is 0 Å². The van der Waals surface area contributed by atoms with E-state index in [0.29, 0.717) is 23.0 Å². The molecule has 4 aromatic rings. The number of aryl methyl sites for hydroxylation is 1. The van der Waals surface area contributed by atoms with E-state index in [1.165, 1.54) is 0 Å². The molecule has 8 heteroatoms.